The highest BCUT2D eigenvalue weighted by molar-refractivity contribution is 9.09. The number of alkyl halides is 1. The van der Waals surface area contributed by atoms with Gasteiger partial charge in [0.15, 0.2) is 0 Å². The molecular weight excluding hydrogens is 546 g/mol. The van der Waals surface area contributed by atoms with Crippen LogP contribution in [-0.2, 0) is 28.6 Å². The molecule has 37 heavy (non-hydrogen) atoms. The highest BCUT2D eigenvalue weighted by Gasteiger charge is 2.77. The Bertz CT molecular complexity index is 1010. The molecule has 4 aliphatic heterocycles. The minimum Gasteiger partial charge on any atom is -0.466 e. The number of ether oxygens (including phenoxy) is 3. The number of amides is 2. The second-order valence-corrected chi connectivity index (χ2v) is 11.2. The average molecular weight is 580 g/mol. The Balaban J connectivity index is 1.47. The first-order valence-corrected chi connectivity index (χ1v) is 13.9. The van der Waals surface area contributed by atoms with E-state index in [1.165, 1.54) is 4.90 Å². The number of carbonyl (C=O) groups is 3. The van der Waals surface area contributed by atoms with Crippen molar-refractivity contribution in [1.29, 1.82) is 0 Å². The lowest BCUT2D eigenvalue weighted by Crippen LogP contribution is -2.57. The minimum atomic E-state index is -1.20. The number of hydrogen-bond donors (Lipinski definition) is 2. The van der Waals surface area contributed by atoms with Crippen LogP contribution in [0.3, 0.4) is 0 Å². The van der Waals surface area contributed by atoms with Crippen LogP contribution in [0.1, 0.15) is 24.9 Å². The second kappa shape index (κ2) is 11.0. The van der Waals surface area contributed by atoms with Crippen LogP contribution in [0.5, 0.6) is 0 Å². The molecule has 1 aromatic carbocycles. The molecule has 4 fully saturated rings. The number of nitrogens with one attached hydrogen (secondary N) is 1. The van der Waals surface area contributed by atoms with Gasteiger partial charge < -0.3 is 29.5 Å². The smallest absolute Gasteiger partial charge is 0.312 e. The van der Waals surface area contributed by atoms with Gasteiger partial charge in [-0.25, -0.2) is 0 Å². The number of benzene rings is 1. The number of halogens is 1. The summed E-state index contributed by atoms with van der Waals surface area (Å²) >= 11 is 3.64. The van der Waals surface area contributed by atoms with E-state index in [9.17, 15) is 19.5 Å². The van der Waals surface area contributed by atoms with Gasteiger partial charge in [0.05, 0.1) is 50.4 Å². The zero-order valence-corrected chi connectivity index (χ0v) is 22.5. The van der Waals surface area contributed by atoms with Crippen LogP contribution in [0.2, 0.25) is 0 Å². The van der Waals surface area contributed by atoms with E-state index in [0.717, 1.165) is 13.1 Å². The number of nitrogens with zero attached hydrogens (tertiary/aromatic N) is 2. The molecule has 202 valence electrons. The van der Waals surface area contributed by atoms with Crippen molar-refractivity contribution in [3.8, 4) is 0 Å². The van der Waals surface area contributed by atoms with Gasteiger partial charge in [-0.3, -0.25) is 19.3 Å². The predicted molar refractivity (Wildman–Crippen MR) is 136 cm³/mol. The molecule has 5 rings (SSSR count). The fraction of sp³-hybridized carbons (Fsp3) is 0.654. The van der Waals surface area contributed by atoms with E-state index < -0.39 is 41.6 Å². The summed E-state index contributed by atoms with van der Waals surface area (Å²) in [5.41, 5.74) is -0.489. The van der Waals surface area contributed by atoms with Crippen molar-refractivity contribution < 1.29 is 33.7 Å². The van der Waals surface area contributed by atoms with Gasteiger partial charge in [0, 0.05) is 31.0 Å². The average Bonchev–Trinajstić information content (AvgIpc) is 3.50. The van der Waals surface area contributed by atoms with Crippen molar-refractivity contribution >= 4 is 33.7 Å². The van der Waals surface area contributed by atoms with E-state index >= 15 is 0 Å². The number of aliphatic hydroxyl groups is 1. The van der Waals surface area contributed by atoms with Crippen LogP contribution in [-0.4, -0.2) is 108 Å². The van der Waals surface area contributed by atoms with Crippen molar-refractivity contribution in [2.24, 2.45) is 11.8 Å². The van der Waals surface area contributed by atoms with Crippen molar-refractivity contribution in [3.63, 3.8) is 0 Å². The van der Waals surface area contributed by atoms with Crippen molar-refractivity contribution in [3.05, 3.63) is 35.9 Å². The normalized spacial score (nSPS) is 33.9. The van der Waals surface area contributed by atoms with E-state index in [2.05, 4.69) is 26.1 Å². The van der Waals surface area contributed by atoms with E-state index in [1.807, 2.05) is 30.3 Å². The number of fused-ring (bicyclic) bond motifs is 1. The summed E-state index contributed by atoms with van der Waals surface area (Å²) in [4.78, 5) is 44.5. The highest BCUT2D eigenvalue weighted by Crippen LogP contribution is 2.61. The molecule has 1 spiro atoms. The van der Waals surface area contributed by atoms with Crippen LogP contribution in [0, 0.1) is 11.8 Å². The fourth-order valence-corrected chi connectivity index (χ4v) is 7.44. The lowest BCUT2D eigenvalue weighted by Gasteiger charge is -2.37. The maximum absolute atomic E-state index is 14.1. The third kappa shape index (κ3) is 4.58. The Morgan fingerprint density at radius 1 is 1.27 bits per heavy atom. The maximum atomic E-state index is 14.1. The first-order valence-electron chi connectivity index (χ1n) is 13.0. The SMILES string of the molecule is CCOC(=O)[C@H]1[C@@H]2OC3(CC2Br)C(C(=O)NCCN2CCOCC2)N([C@H](CO)c2ccccc2)C(=O)[C@H]13. The Morgan fingerprint density at radius 3 is 2.68 bits per heavy atom. The van der Waals surface area contributed by atoms with Crippen molar-refractivity contribution in [2.75, 3.05) is 52.6 Å². The Morgan fingerprint density at radius 2 is 2.00 bits per heavy atom. The lowest BCUT2D eigenvalue weighted by atomic mass is 9.70. The van der Waals surface area contributed by atoms with Gasteiger partial charge >= 0.3 is 5.97 Å². The number of hydrogen-bond acceptors (Lipinski definition) is 8. The third-order valence-corrected chi connectivity index (χ3v) is 8.90. The number of esters is 1. The Kier molecular flexibility index (Phi) is 7.88. The van der Waals surface area contributed by atoms with Gasteiger partial charge in [0.1, 0.15) is 11.6 Å². The van der Waals surface area contributed by atoms with Crippen LogP contribution >= 0.6 is 15.9 Å². The number of carbonyl (C=O) groups excluding carboxylic acids is 3. The van der Waals surface area contributed by atoms with Gasteiger partial charge in [-0.1, -0.05) is 46.3 Å². The summed E-state index contributed by atoms with van der Waals surface area (Å²) in [7, 11) is 0. The summed E-state index contributed by atoms with van der Waals surface area (Å²) in [6.45, 7) is 5.51. The van der Waals surface area contributed by atoms with Gasteiger partial charge in [0.25, 0.3) is 0 Å². The van der Waals surface area contributed by atoms with Gasteiger partial charge in [-0.15, -0.1) is 0 Å². The van der Waals surface area contributed by atoms with Crippen LogP contribution < -0.4 is 5.32 Å². The monoisotopic (exact) mass is 579 g/mol. The first kappa shape index (κ1) is 26.6. The topological polar surface area (TPSA) is 118 Å². The lowest BCUT2D eigenvalue weighted by molar-refractivity contribution is -0.155. The fourth-order valence-electron chi connectivity index (χ4n) is 6.50. The van der Waals surface area contributed by atoms with Crippen molar-refractivity contribution in [1.82, 2.24) is 15.1 Å². The number of rotatable bonds is 9. The van der Waals surface area contributed by atoms with Crippen LogP contribution in [0.25, 0.3) is 0 Å². The quantitative estimate of drug-likeness (QED) is 0.320. The molecule has 0 radical (unpaired) electrons. The highest BCUT2D eigenvalue weighted by atomic mass is 79.9. The molecule has 1 aromatic rings. The third-order valence-electron chi connectivity index (χ3n) is 8.06. The molecule has 4 saturated heterocycles. The first-order chi connectivity index (χ1) is 17.9. The standard InChI is InChI=1S/C26H34BrN3O7/c1-2-36-25(34)19-20-24(33)30(18(15-31)16-6-4-3-5-7-16)22(26(20)14-17(27)21(19)37-26)23(32)28-8-9-29-10-12-35-13-11-29/h3-7,17-22,31H,2,8-15H2,1H3,(H,28,32)/t17?,18-,19-,20+,21-,22?,26?/m1/s1. The molecule has 2 N–H and O–H groups in total. The summed E-state index contributed by atoms with van der Waals surface area (Å²) in [5, 5.41) is 13.5. The van der Waals surface area contributed by atoms with Gasteiger partial charge in [-0.05, 0) is 18.9 Å². The van der Waals surface area contributed by atoms with Crippen LogP contribution in [0.15, 0.2) is 30.3 Å². The number of morpholine rings is 1. The van der Waals surface area contributed by atoms with E-state index in [1.54, 1.807) is 6.92 Å². The molecular formula is C26H34BrN3O7. The Labute approximate surface area is 224 Å². The summed E-state index contributed by atoms with van der Waals surface area (Å²) in [5.74, 6) is -2.89. The van der Waals surface area contributed by atoms with E-state index in [-0.39, 0.29) is 29.9 Å². The zero-order valence-electron chi connectivity index (χ0n) is 20.9. The van der Waals surface area contributed by atoms with Gasteiger partial charge in [0.2, 0.25) is 11.8 Å². The molecule has 4 heterocycles. The Hall–Kier alpha value is -2.05. The summed E-state index contributed by atoms with van der Waals surface area (Å²) in [6, 6.07) is 7.38. The molecule has 11 heteroatoms. The van der Waals surface area contributed by atoms with E-state index in [4.69, 9.17) is 14.2 Å². The molecule has 0 aromatic heterocycles. The summed E-state index contributed by atoms with van der Waals surface area (Å²) in [6.07, 6.45) is -0.169. The zero-order chi connectivity index (χ0) is 26.2. The van der Waals surface area contributed by atoms with Crippen molar-refractivity contribution in [2.45, 2.75) is 42.0 Å². The van der Waals surface area contributed by atoms with Crippen LogP contribution in [0.4, 0.5) is 0 Å². The molecule has 7 atom stereocenters. The molecule has 0 saturated carbocycles. The molecule has 0 aliphatic carbocycles. The van der Waals surface area contributed by atoms with E-state index in [0.29, 0.717) is 38.3 Å². The van der Waals surface area contributed by atoms with Gasteiger partial charge in [-0.2, -0.15) is 0 Å². The number of aliphatic hydroxyl groups excluding tert-OH is 1. The largest absolute Gasteiger partial charge is 0.466 e. The molecule has 2 amide bonds. The second-order valence-electron chi connectivity index (χ2n) is 10.0. The maximum Gasteiger partial charge on any atom is 0.312 e. The molecule has 4 aliphatic rings. The molecule has 10 nitrogen and oxygen atoms in total. The predicted octanol–water partition coefficient (Wildman–Crippen LogP) is 0.480. The minimum absolute atomic E-state index is 0.182. The summed E-state index contributed by atoms with van der Waals surface area (Å²) < 4.78 is 17.2. The molecule has 2 bridgehead atoms. The number of likely N-dealkylation sites (tertiary alicyclic amines) is 1. The molecule has 3 unspecified atom stereocenters.